The van der Waals surface area contributed by atoms with Gasteiger partial charge in [0.25, 0.3) is 0 Å². The van der Waals surface area contributed by atoms with E-state index in [2.05, 4.69) is 25.4 Å². The number of aryl methyl sites for hydroxylation is 1. The molecule has 2 aromatic heterocycles. The first-order valence-corrected chi connectivity index (χ1v) is 6.34. The van der Waals surface area contributed by atoms with Crippen molar-refractivity contribution >= 4 is 5.95 Å². The molecule has 114 valence electrons. The van der Waals surface area contributed by atoms with Crippen molar-refractivity contribution in [3.05, 3.63) is 30.1 Å². The van der Waals surface area contributed by atoms with Gasteiger partial charge in [-0.2, -0.15) is 18.3 Å². The van der Waals surface area contributed by atoms with Gasteiger partial charge in [-0.1, -0.05) is 6.92 Å². The molecule has 9 heteroatoms. The van der Waals surface area contributed by atoms with E-state index in [1.165, 1.54) is 12.7 Å². The third kappa shape index (κ3) is 4.14. The van der Waals surface area contributed by atoms with Crippen molar-refractivity contribution in [3.8, 4) is 0 Å². The number of nitrogens with one attached hydrogen (secondary N) is 1. The van der Waals surface area contributed by atoms with Gasteiger partial charge in [-0.25, -0.2) is 15.0 Å². The van der Waals surface area contributed by atoms with Crippen LogP contribution in [0.3, 0.4) is 0 Å². The minimum Gasteiger partial charge on any atom is -0.354 e. The molecule has 0 fully saturated rings. The van der Waals surface area contributed by atoms with Crippen molar-refractivity contribution < 1.29 is 13.2 Å². The predicted octanol–water partition coefficient (Wildman–Crippen LogP) is 2.14. The summed E-state index contributed by atoms with van der Waals surface area (Å²) in [5.74, 6) is 0.312. The zero-order chi connectivity index (χ0) is 15.5. The highest BCUT2D eigenvalue weighted by Gasteiger charge is 2.35. The summed E-state index contributed by atoms with van der Waals surface area (Å²) in [5.41, 5.74) is -0.382. The van der Waals surface area contributed by atoms with Gasteiger partial charge in [0.1, 0.15) is 18.3 Å². The summed E-state index contributed by atoms with van der Waals surface area (Å²) in [6.45, 7) is 3.95. The summed E-state index contributed by atoms with van der Waals surface area (Å²) in [7, 11) is 0. The van der Waals surface area contributed by atoms with Crippen LogP contribution in [0.2, 0.25) is 0 Å². The molecule has 6 nitrogen and oxygen atoms in total. The van der Waals surface area contributed by atoms with Crippen LogP contribution < -0.4 is 5.32 Å². The van der Waals surface area contributed by atoms with Gasteiger partial charge in [-0.05, 0) is 18.9 Å². The van der Waals surface area contributed by atoms with Crippen LogP contribution >= 0.6 is 0 Å². The van der Waals surface area contributed by atoms with Crippen LogP contribution in [0.25, 0.3) is 0 Å². The molecule has 0 saturated carbocycles. The predicted molar refractivity (Wildman–Crippen MR) is 69.4 cm³/mol. The Balaban J connectivity index is 1.98. The normalized spacial score (nSPS) is 13.2. The lowest BCUT2D eigenvalue weighted by atomic mass is 10.2. The molecular formula is C12H15F3N6. The summed E-state index contributed by atoms with van der Waals surface area (Å²) in [6.07, 6.45) is -1.71. The van der Waals surface area contributed by atoms with E-state index in [1.807, 2.05) is 6.92 Å². The summed E-state index contributed by atoms with van der Waals surface area (Å²) in [4.78, 5) is 11.4. The van der Waals surface area contributed by atoms with E-state index < -0.39 is 11.9 Å². The van der Waals surface area contributed by atoms with Gasteiger partial charge in [0.15, 0.2) is 0 Å². The molecule has 0 amide bonds. The second-order valence-corrected chi connectivity index (χ2v) is 4.80. The van der Waals surface area contributed by atoms with Crippen LogP contribution in [0, 0.1) is 12.8 Å². The number of nitrogens with zero attached hydrogens (tertiary/aromatic N) is 5. The van der Waals surface area contributed by atoms with Gasteiger partial charge >= 0.3 is 6.18 Å². The van der Waals surface area contributed by atoms with Gasteiger partial charge in [0.2, 0.25) is 5.95 Å². The number of hydrogen-bond acceptors (Lipinski definition) is 5. The highest BCUT2D eigenvalue weighted by Crippen LogP contribution is 2.30. The molecule has 0 aromatic carbocycles. The minimum absolute atomic E-state index is 0.0813. The fourth-order valence-corrected chi connectivity index (χ4v) is 1.87. The Morgan fingerprint density at radius 2 is 1.95 bits per heavy atom. The Morgan fingerprint density at radius 1 is 1.29 bits per heavy atom. The van der Waals surface area contributed by atoms with Crippen LogP contribution in [0.5, 0.6) is 0 Å². The molecule has 0 radical (unpaired) electrons. The van der Waals surface area contributed by atoms with Crippen molar-refractivity contribution in [2.45, 2.75) is 26.6 Å². The van der Waals surface area contributed by atoms with Crippen LogP contribution in [-0.2, 0) is 12.7 Å². The maximum Gasteiger partial charge on any atom is 0.433 e. The van der Waals surface area contributed by atoms with Gasteiger partial charge in [0, 0.05) is 13.1 Å². The average Bonchev–Trinajstić information content (AvgIpc) is 2.78. The summed E-state index contributed by atoms with van der Waals surface area (Å²) in [5, 5.41) is 6.84. The summed E-state index contributed by atoms with van der Waals surface area (Å²) < 4.78 is 39.6. The van der Waals surface area contributed by atoms with Crippen molar-refractivity contribution in [1.29, 1.82) is 0 Å². The third-order valence-corrected chi connectivity index (χ3v) is 2.78. The van der Waals surface area contributed by atoms with Crippen molar-refractivity contribution in [2.24, 2.45) is 5.92 Å². The number of rotatable bonds is 5. The second-order valence-electron chi connectivity index (χ2n) is 4.80. The van der Waals surface area contributed by atoms with Crippen molar-refractivity contribution in [2.75, 3.05) is 11.9 Å². The SMILES string of the molecule is Cc1cc(C(F)(F)F)n(C[C@@H](C)CNc2ncncn2)n1. The summed E-state index contributed by atoms with van der Waals surface area (Å²) in [6, 6.07) is 1.05. The Bertz CT molecular complexity index is 580. The number of halogens is 3. The van der Waals surface area contributed by atoms with Crippen LogP contribution in [0.4, 0.5) is 19.1 Å². The van der Waals surface area contributed by atoms with Gasteiger partial charge in [-0.15, -0.1) is 0 Å². The lowest BCUT2D eigenvalue weighted by molar-refractivity contribution is -0.144. The smallest absolute Gasteiger partial charge is 0.354 e. The average molecular weight is 300 g/mol. The van der Waals surface area contributed by atoms with Crippen LogP contribution in [0.15, 0.2) is 18.7 Å². The monoisotopic (exact) mass is 300 g/mol. The fraction of sp³-hybridized carbons (Fsp3) is 0.500. The molecular weight excluding hydrogens is 285 g/mol. The van der Waals surface area contributed by atoms with E-state index in [4.69, 9.17) is 0 Å². The maximum absolute atomic E-state index is 12.9. The van der Waals surface area contributed by atoms with E-state index in [0.29, 0.717) is 18.2 Å². The largest absolute Gasteiger partial charge is 0.433 e. The van der Waals surface area contributed by atoms with E-state index >= 15 is 0 Å². The Kier molecular flexibility index (Phi) is 4.39. The van der Waals surface area contributed by atoms with Crippen LogP contribution in [-0.4, -0.2) is 31.3 Å². The number of hydrogen-bond donors (Lipinski definition) is 1. The topological polar surface area (TPSA) is 68.5 Å². The summed E-state index contributed by atoms with van der Waals surface area (Å²) >= 11 is 0. The minimum atomic E-state index is -4.40. The van der Waals surface area contributed by atoms with Gasteiger partial charge in [0.05, 0.1) is 5.69 Å². The molecule has 2 aromatic rings. The quantitative estimate of drug-likeness (QED) is 0.916. The van der Waals surface area contributed by atoms with Gasteiger partial charge < -0.3 is 5.32 Å². The van der Waals surface area contributed by atoms with E-state index in [0.717, 1.165) is 10.7 Å². The van der Waals surface area contributed by atoms with E-state index in [1.54, 1.807) is 6.92 Å². The Hall–Kier alpha value is -2.19. The molecule has 0 unspecified atom stereocenters. The standard InChI is InChI=1S/C12H15F3N6/c1-8(4-17-11-18-6-16-7-19-11)5-21-10(12(13,14)15)3-9(2)20-21/h3,6-8H,4-5H2,1-2H3,(H,16,17,18,19)/t8-/m0/s1. The lowest BCUT2D eigenvalue weighted by Gasteiger charge is -2.15. The zero-order valence-corrected chi connectivity index (χ0v) is 11.6. The molecule has 0 bridgehead atoms. The highest BCUT2D eigenvalue weighted by atomic mass is 19.4. The number of alkyl halides is 3. The molecule has 21 heavy (non-hydrogen) atoms. The van der Waals surface area contributed by atoms with Crippen LogP contribution in [0.1, 0.15) is 18.3 Å². The number of anilines is 1. The van der Waals surface area contributed by atoms with Gasteiger partial charge in [-0.3, -0.25) is 4.68 Å². The molecule has 1 N–H and O–H groups in total. The van der Waals surface area contributed by atoms with Crippen molar-refractivity contribution in [1.82, 2.24) is 24.7 Å². The second kappa shape index (κ2) is 6.06. The highest BCUT2D eigenvalue weighted by molar-refractivity contribution is 5.20. The Morgan fingerprint density at radius 3 is 2.57 bits per heavy atom. The van der Waals surface area contributed by atoms with E-state index in [-0.39, 0.29) is 12.5 Å². The third-order valence-electron chi connectivity index (χ3n) is 2.78. The molecule has 0 aliphatic carbocycles. The molecule has 2 rings (SSSR count). The molecule has 0 aliphatic rings. The first-order valence-electron chi connectivity index (χ1n) is 6.34. The molecule has 0 saturated heterocycles. The maximum atomic E-state index is 12.9. The Labute approximate surface area is 119 Å². The molecule has 0 spiro atoms. The lowest BCUT2D eigenvalue weighted by Crippen LogP contribution is -2.22. The molecule has 0 aliphatic heterocycles. The fourth-order valence-electron chi connectivity index (χ4n) is 1.87. The first kappa shape index (κ1) is 15.2. The molecule has 1 atom stereocenters. The number of aromatic nitrogens is 5. The van der Waals surface area contributed by atoms with E-state index in [9.17, 15) is 13.2 Å². The van der Waals surface area contributed by atoms with Crippen molar-refractivity contribution in [3.63, 3.8) is 0 Å². The first-order chi connectivity index (χ1) is 9.86. The zero-order valence-electron chi connectivity index (χ0n) is 11.6. The molecule has 2 heterocycles.